The van der Waals surface area contributed by atoms with E-state index in [-0.39, 0.29) is 22.0 Å². The summed E-state index contributed by atoms with van der Waals surface area (Å²) in [4.78, 5) is 11.9. The van der Waals surface area contributed by atoms with Gasteiger partial charge in [-0.05, 0) is 32.0 Å². The maximum atomic E-state index is 13.7. The molecule has 0 fully saturated rings. The van der Waals surface area contributed by atoms with Crippen molar-refractivity contribution in [2.75, 3.05) is 18.9 Å². The van der Waals surface area contributed by atoms with Crippen molar-refractivity contribution in [1.29, 1.82) is 0 Å². The third kappa shape index (κ3) is 3.82. The van der Waals surface area contributed by atoms with E-state index in [1.165, 1.54) is 33.0 Å². The fourth-order valence-electron chi connectivity index (χ4n) is 2.07. The van der Waals surface area contributed by atoms with Gasteiger partial charge in [0.1, 0.15) is 16.4 Å². The Kier molecular flexibility index (Phi) is 5.41. The number of rotatable bonds is 5. The second-order valence-corrected chi connectivity index (χ2v) is 7.98. The normalized spacial score (nSPS) is 11.8. The Bertz CT molecular complexity index is 863. The number of anilines is 1. The average molecular weight is 420 g/mol. The van der Waals surface area contributed by atoms with Crippen molar-refractivity contribution in [1.82, 2.24) is 9.46 Å². The molecule has 0 unspecified atom stereocenters. The van der Waals surface area contributed by atoms with Crippen LogP contribution in [0.5, 0.6) is 0 Å². The van der Waals surface area contributed by atoms with Crippen LogP contribution in [0.2, 0.25) is 0 Å². The van der Waals surface area contributed by atoms with E-state index in [2.05, 4.69) is 26.4 Å². The van der Waals surface area contributed by atoms with Crippen molar-refractivity contribution in [2.45, 2.75) is 18.7 Å². The molecule has 1 aromatic heterocycles. The van der Waals surface area contributed by atoms with Crippen LogP contribution < -0.4 is 5.32 Å². The summed E-state index contributed by atoms with van der Waals surface area (Å²) in [6.45, 7) is 2.48. The average Bonchev–Trinajstić information content (AvgIpc) is 2.81. The van der Waals surface area contributed by atoms with Gasteiger partial charge in [-0.3, -0.25) is 4.79 Å². The van der Waals surface area contributed by atoms with Crippen LogP contribution in [0.1, 0.15) is 11.5 Å². The van der Waals surface area contributed by atoms with E-state index < -0.39 is 28.3 Å². The minimum absolute atomic E-state index is 0.0358. The van der Waals surface area contributed by atoms with Crippen LogP contribution in [0.3, 0.4) is 0 Å². The highest BCUT2D eigenvalue weighted by atomic mass is 79.9. The lowest BCUT2D eigenvalue weighted by Crippen LogP contribution is -2.35. The molecule has 0 bridgehead atoms. The van der Waals surface area contributed by atoms with Gasteiger partial charge >= 0.3 is 0 Å². The fraction of sp³-hybridized carbons (Fsp3) is 0.286. The van der Waals surface area contributed by atoms with Crippen molar-refractivity contribution in [2.24, 2.45) is 0 Å². The van der Waals surface area contributed by atoms with E-state index >= 15 is 0 Å². The standard InChI is InChI=1S/C14H15BrFN3O4S/c1-8-14(9(2)23-18-8)24(21,22)19(3)7-13(20)17-12-5-4-10(15)6-11(12)16/h4-6H,7H2,1-3H3,(H,17,20). The number of nitrogens with zero attached hydrogens (tertiary/aromatic N) is 2. The highest BCUT2D eigenvalue weighted by molar-refractivity contribution is 9.10. The van der Waals surface area contributed by atoms with Gasteiger partial charge in [-0.15, -0.1) is 0 Å². The third-order valence-electron chi connectivity index (χ3n) is 3.21. The molecule has 0 aliphatic carbocycles. The van der Waals surface area contributed by atoms with Gasteiger partial charge in [-0.1, -0.05) is 21.1 Å². The van der Waals surface area contributed by atoms with Crippen molar-refractivity contribution < 1.29 is 22.1 Å². The van der Waals surface area contributed by atoms with Crippen molar-refractivity contribution in [3.8, 4) is 0 Å². The number of nitrogens with one attached hydrogen (secondary N) is 1. The maximum Gasteiger partial charge on any atom is 0.248 e. The summed E-state index contributed by atoms with van der Waals surface area (Å²) in [5, 5.41) is 5.93. The minimum Gasteiger partial charge on any atom is -0.360 e. The zero-order chi connectivity index (χ0) is 18.1. The Balaban J connectivity index is 2.14. The number of hydrogen-bond donors (Lipinski definition) is 1. The maximum absolute atomic E-state index is 13.7. The Morgan fingerprint density at radius 1 is 1.42 bits per heavy atom. The molecule has 2 rings (SSSR count). The van der Waals surface area contributed by atoms with Crippen LogP contribution in [0.25, 0.3) is 0 Å². The SMILES string of the molecule is Cc1noc(C)c1S(=O)(=O)N(C)CC(=O)Nc1ccc(Br)cc1F. The van der Waals surface area contributed by atoms with Gasteiger partial charge < -0.3 is 9.84 Å². The topological polar surface area (TPSA) is 92.5 Å². The summed E-state index contributed by atoms with van der Waals surface area (Å²) in [7, 11) is -2.70. The summed E-state index contributed by atoms with van der Waals surface area (Å²) in [6, 6.07) is 4.13. The first-order chi connectivity index (χ1) is 11.1. The molecule has 0 atom stereocenters. The number of halogens is 2. The predicted molar refractivity (Wildman–Crippen MR) is 88.5 cm³/mol. The van der Waals surface area contributed by atoms with Crippen molar-refractivity contribution in [3.05, 3.63) is 39.9 Å². The molecule has 7 nitrogen and oxygen atoms in total. The number of likely N-dealkylation sites (N-methyl/N-ethyl adjacent to an activating group) is 1. The first-order valence-electron chi connectivity index (χ1n) is 6.77. The van der Waals surface area contributed by atoms with E-state index in [0.717, 1.165) is 4.31 Å². The third-order valence-corrected chi connectivity index (χ3v) is 5.75. The molecule has 2 aromatic rings. The minimum atomic E-state index is -3.95. The zero-order valence-corrected chi connectivity index (χ0v) is 15.5. The fourth-order valence-corrected chi connectivity index (χ4v) is 3.81. The number of hydrogen-bond acceptors (Lipinski definition) is 5. The lowest BCUT2D eigenvalue weighted by atomic mass is 10.3. The molecule has 0 saturated heterocycles. The van der Waals surface area contributed by atoms with Gasteiger partial charge in [0.15, 0.2) is 5.76 Å². The first-order valence-corrected chi connectivity index (χ1v) is 9.00. The summed E-state index contributed by atoms with van der Waals surface area (Å²) in [5.74, 6) is -1.17. The van der Waals surface area contributed by atoms with Crippen LogP contribution in [0, 0.1) is 19.7 Å². The molecule has 0 aliphatic heterocycles. The van der Waals surface area contributed by atoms with Crippen LogP contribution in [0.15, 0.2) is 32.1 Å². The molecule has 1 amide bonds. The van der Waals surface area contributed by atoms with Crippen LogP contribution in [-0.2, 0) is 14.8 Å². The Hall–Kier alpha value is -1.78. The Morgan fingerprint density at radius 3 is 2.62 bits per heavy atom. The lowest BCUT2D eigenvalue weighted by Gasteiger charge is -2.16. The molecular formula is C14H15BrFN3O4S. The van der Waals surface area contributed by atoms with E-state index in [0.29, 0.717) is 4.47 Å². The Labute approximate surface area is 147 Å². The molecule has 130 valence electrons. The van der Waals surface area contributed by atoms with Gasteiger partial charge in [-0.25, -0.2) is 12.8 Å². The molecule has 24 heavy (non-hydrogen) atoms. The zero-order valence-electron chi connectivity index (χ0n) is 13.1. The summed E-state index contributed by atoms with van der Waals surface area (Å²) < 4.78 is 44.9. The largest absolute Gasteiger partial charge is 0.360 e. The van der Waals surface area contributed by atoms with E-state index in [9.17, 15) is 17.6 Å². The number of aryl methyl sites for hydroxylation is 2. The summed E-state index contributed by atoms with van der Waals surface area (Å²) in [6.07, 6.45) is 0. The number of carbonyl (C=O) groups is 1. The second-order valence-electron chi connectivity index (χ2n) is 5.09. The highest BCUT2D eigenvalue weighted by Crippen LogP contribution is 2.23. The molecule has 0 radical (unpaired) electrons. The quantitative estimate of drug-likeness (QED) is 0.803. The van der Waals surface area contributed by atoms with Crippen molar-refractivity contribution in [3.63, 3.8) is 0 Å². The molecule has 10 heteroatoms. The monoisotopic (exact) mass is 419 g/mol. The number of sulfonamides is 1. The summed E-state index contributed by atoms with van der Waals surface area (Å²) in [5.41, 5.74) is 0.171. The van der Waals surface area contributed by atoms with E-state index in [1.807, 2.05) is 0 Å². The highest BCUT2D eigenvalue weighted by Gasteiger charge is 2.29. The number of amides is 1. The number of aromatic nitrogens is 1. The Morgan fingerprint density at radius 2 is 2.08 bits per heavy atom. The molecule has 1 N–H and O–H groups in total. The van der Waals surface area contributed by atoms with Gasteiger partial charge in [0.25, 0.3) is 0 Å². The molecule has 1 aromatic carbocycles. The van der Waals surface area contributed by atoms with Crippen LogP contribution in [0.4, 0.5) is 10.1 Å². The first kappa shape index (κ1) is 18.6. The van der Waals surface area contributed by atoms with Crippen molar-refractivity contribution >= 4 is 37.5 Å². The molecule has 0 spiro atoms. The van der Waals surface area contributed by atoms with E-state index in [4.69, 9.17) is 4.52 Å². The predicted octanol–water partition coefficient (Wildman–Crippen LogP) is 2.45. The van der Waals surface area contributed by atoms with Crippen LogP contribution in [-0.4, -0.2) is 37.4 Å². The smallest absolute Gasteiger partial charge is 0.248 e. The number of carbonyl (C=O) groups excluding carboxylic acids is 1. The molecule has 1 heterocycles. The van der Waals surface area contributed by atoms with Gasteiger partial charge in [-0.2, -0.15) is 4.31 Å². The number of benzene rings is 1. The summed E-state index contributed by atoms with van der Waals surface area (Å²) >= 11 is 3.11. The molecule has 0 saturated carbocycles. The molecule has 0 aliphatic rings. The molecular weight excluding hydrogens is 405 g/mol. The lowest BCUT2D eigenvalue weighted by molar-refractivity contribution is -0.116. The van der Waals surface area contributed by atoms with Gasteiger partial charge in [0.05, 0.1) is 12.2 Å². The second kappa shape index (κ2) is 6.99. The van der Waals surface area contributed by atoms with Gasteiger partial charge in [0.2, 0.25) is 15.9 Å². The van der Waals surface area contributed by atoms with E-state index in [1.54, 1.807) is 6.07 Å². The van der Waals surface area contributed by atoms with Crippen LogP contribution >= 0.6 is 15.9 Å². The van der Waals surface area contributed by atoms with Gasteiger partial charge in [0, 0.05) is 11.5 Å².